The first-order valence-electron chi connectivity index (χ1n) is 8.71. The lowest BCUT2D eigenvalue weighted by Gasteiger charge is -2.18. The van der Waals surface area contributed by atoms with Crippen molar-refractivity contribution in [1.82, 2.24) is 19.7 Å². The summed E-state index contributed by atoms with van der Waals surface area (Å²) in [6.45, 7) is 0. The molecule has 2 aromatic heterocycles. The fourth-order valence-electron chi connectivity index (χ4n) is 2.98. The van der Waals surface area contributed by atoms with Crippen molar-refractivity contribution < 1.29 is 9.26 Å². The molecule has 9 heteroatoms. The first kappa shape index (κ1) is 19.3. The molecule has 2 heterocycles. The van der Waals surface area contributed by atoms with Gasteiger partial charge in [0.15, 0.2) is 0 Å². The molecule has 0 bridgehead atoms. The summed E-state index contributed by atoms with van der Waals surface area (Å²) in [7, 11) is 3.55. The molecule has 4 rings (SSSR count). The number of nitrogens with one attached hydrogen (secondary N) is 1. The predicted octanol–water partition coefficient (Wildman–Crippen LogP) is 4.99. The number of ether oxygens (including phenoxy) is 1. The van der Waals surface area contributed by atoms with E-state index in [1.54, 1.807) is 31.5 Å². The van der Waals surface area contributed by atoms with Crippen molar-refractivity contribution in [1.29, 1.82) is 0 Å². The normalized spacial score (nSPS) is 12.0. The average Bonchev–Trinajstić information content (AvgIpc) is 3.34. The van der Waals surface area contributed by atoms with Crippen LogP contribution in [0.15, 0.2) is 59.4 Å². The molecular formula is C20H17Cl2N5O2. The smallest absolute Gasteiger partial charge is 0.322 e. The number of benzene rings is 2. The Hall–Kier alpha value is -3.03. The SMILES string of the molecule is COc1cccc(C(Nc2nc(-c3cc(Cl)cc(Cl)c3)no2)c2nccn2C)c1. The van der Waals surface area contributed by atoms with Crippen LogP contribution in [0.3, 0.4) is 0 Å². The predicted molar refractivity (Wildman–Crippen MR) is 111 cm³/mol. The highest BCUT2D eigenvalue weighted by Crippen LogP contribution is 2.30. The highest BCUT2D eigenvalue weighted by atomic mass is 35.5. The van der Waals surface area contributed by atoms with Gasteiger partial charge in [-0.15, -0.1) is 0 Å². The van der Waals surface area contributed by atoms with Gasteiger partial charge < -0.3 is 19.1 Å². The van der Waals surface area contributed by atoms with Crippen molar-refractivity contribution in [2.45, 2.75) is 6.04 Å². The minimum atomic E-state index is -0.332. The van der Waals surface area contributed by atoms with Gasteiger partial charge in [-0.25, -0.2) is 4.98 Å². The largest absolute Gasteiger partial charge is 0.497 e. The van der Waals surface area contributed by atoms with E-state index in [4.69, 9.17) is 32.5 Å². The molecule has 1 N–H and O–H groups in total. The molecular weight excluding hydrogens is 413 g/mol. The molecule has 7 nitrogen and oxygen atoms in total. The number of halogens is 2. The number of aromatic nitrogens is 4. The summed E-state index contributed by atoms with van der Waals surface area (Å²) in [5.74, 6) is 1.90. The standard InChI is InChI=1S/C20H17Cl2N5O2/c1-27-7-6-23-19(27)17(12-4-3-5-16(10-12)28-2)24-20-25-18(26-29-20)13-8-14(21)11-15(22)9-13/h3-11,17H,1-2H3,(H,24,25,26). The summed E-state index contributed by atoms with van der Waals surface area (Å²) >= 11 is 12.2. The Balaban J connectivity index is 1.68. The summed E-state index contributed by atoms with van der Waals surface area (Å²) in [4.78, 5) is 8.90. The lowest BCUT2D eigenvalue weighted by molar-refractivity contribution is 0.413. The molecule has 0 aliphatic heterocycles. The van der Waals surface area contributed by atoms with Crippen molar-refractivity contribution in [2.24, 2.45) is 7.05 Å². The molecule has 0 saturated heterocycles. The molecule has 0 radical (unpaired) electrons. The summed E-state index contributed by atoms with van der Waals surface area (Å²) < 4.78 is 12.7. The molecule has 0 spiro atoms. The first-order chi connectivity index (χ1) is 14.0. The molecule has 0 fully saturated rings. The molecule has 0 aliphatic rings. The zero-order valence-electron chi connectivity index (χ0n) is 15.6. The van der Waals surface area contributed by atoms with Crippen molar-refractivity contribution in [3.05, 3.63) is 76.3 Å². The molecule has 4 aromatic rings. The van der Waals surface area contributed by atoms with Gasteiger partial charge in [0.1, 0.15) is 17.6 Å². The maximum absolute atomic E-state index is 6.08. The Bertz CT molecular complexity index is 1120. The van der Waals surface area contributed by atoms with Gasteiger partial charge in [0.2, 0.25) is 5.82 Å². The zero-order chi connectivity index (χ0) is 20.4. The number of imidazole rings is 1. The van der Waals surface area contributed by atoms with Crippen molar-refractivity contribution in [3.63, 3.8) is 0 Å². The van der Waals surface area contributed by atoms with Crippen molar-refractivity contribution in [2.75, 3.05) is 12.4 Å². The van der Waals surface area contributed by atoms with Crippen molar-refractivity contribution >= 4 is 29.2 Å². The summed E-state index contributed by atoms with van der Waals surface area (Å²) in [5, 5.41) is 8.29. The van der Waals surface area contributed by atoms with E-state index in [0.29, 0.717) is 21.4 Å². The van der Waals surface area contributed by atoms with Gasteiger partial charge in [-0.2, -0.15) is 4.98 Å². The Morgan fingerprint density at radius 2 is 1.93 bits per heavy atom. The quantitative estimate of drug-likeness (QED) is 0.465. The van der Waals surface area contributed by atoms with Gasteiger partial charge in [0, 0.05) is 35.1 Å². The Labute approximate surface area is 177 Å². The monoisotopic (exact) mass is 429 g/mol. The second-order valence-corrected chi connectivity index (χ2v) is 7.20. The number of rotatable bonds is 6. The topological polar surface area (TPSA) is 78.0 Å². The van der Waals surface area contributed by atoms with Gasteiger partial charge in [0.25, 0.3) is 0 Å². The molecule has 148 valence electrons. The van der Waals surface area contributed by atoms with Crippen LogP contribution in [0.4, 0.5) is 6.01 Å². The lowest BCUT2D eigenvalue weighted by Crippen LogP contribution is -2.17. The van der Waals surface area contributed by atoms with Crippen LogP contribution in [0.25, 0.3) is 11.4 Å². The number of hydrogen-bond donors (Lipinski definition) is 1. The van der Waals surface area contributed by atoms with E-state index in [-0.39, 0.29) is 12.1 Å². The number of nitrogens with zero attached hydrogens (tertiary/aromatic N) is 4. The summed E-state index contributed by atoms with van der Waals surface area (Å²) in [6, 6.07) is 12.7. The van der Waals surface area contributed by atoms with E-state index in [1.807, 2.05) is 42.1 Å². The molecule has 1 atom stereocenters. The Morgan fingerprint density at radius 3 is 2.62 bits per heavy atom. The molecule has 0 saturated carbocycles. The molecule has 29 heavy (non-hydrogen) atoms. The molecule has 0 amide bonds. The second kappa shape index (κ2) is 8.14. The van der Waals surface area contributed by atoms with E-state index in [1.165, 1.54) is 0 Å². The van der Waals surface area contributed by atoms with Gasteiger partial charge in [0.05, 0.1) is 7.11 Å². The highest BCUT2D eigenvalue weighted by Gasteiger charge is 2.22. The Morgan fingerprint density at radius 1 is 1.14 bits per heavy atom. The second-order valence-electron chi connectivity index (χ2n) is 6.33. The lowest BCUT2D eigenvalue weighted by atomic mass is 10.1. The third-order valence-corrected chi connectivity index (χ3v) is 4.79. The maximum atomic E-state index is 6.08. The van der Waals surface area contributed by atoms with E-state index in [2.05, 4.69) is 20.4 Å². The minimum Gasteiger partial charge on any atom is -0.497 e. The van der Waals surface area contributed by atoms with E-state index in [9.17, 15) is 0 Å². The van der Waals surface area contributed by atoms with Crippen LogP contribution in [-0.2, 0) is 7.05 Å². The van der Waals surface area contributed by atoms with E-state index in [0.717, 1.165) is 17.1 Å². The van der Waals surface area contributed by atoms with Crippen LogP contribution in [0, 0.1) is 0 Å². The molecule has 0 aliphatic carbocycles. The van der Waals surface area contributed by atoms with Crippen LogP contribution in [0.1, 0.15) is 17.4 Å². The molecule has 2 aromatic carbocycles. The maximum Gasteiger partial charge on any atom is 0.322 e. The van der Waals surface area contributed by atoms with Crippen LogP contribution in [0.5, 0.6) is 5.75 Å². The number of anilines is 1. The van der Waals surface area contributed by atoms with Crippen LogP contribution in [-0.4, -0.2) is 26.8 Å². The summed E-state index contributed by atoms with van der Waals surface area (Å²) in [6.07, 6.45) is 3.61. The van der Waals surface area contributed by atoms with Gasteiger partial charge in [-0.1, -0.05) is 40.5 Å². The van der Waals surface area contributed by atoms with Crippen LogP contribution >= 0.6 is 23.2 Å². The van der Waals surface area contributed by atoms with Gasteiger partial charge in [-0.3, -0.25) is 0 Å². The number of hydrogen-bond acceptors (Lipinski definition) is 6. The Kier molecular flexibility index (Phi) is 5.42. The highest BCUT2D eigenvalue weighted by molar-refractivity contribution is 6.35. The number of aryl methyl sites for hydroxylation is 1. The van der Waals surface area contributed by atoms with Gasteiger partial charge >= 0.3 is 6.01 Å². The van der Waals surface area contributed by atoms with Crippen molar-refractivity contribution in [3.8, 4) is 17.1 Å². The fraction of sp³-hybridized carbons (Fsp3) is 0.150. The van der Waals surface area contributed by atoms with Crippen LogP contribution < -0.4 is 10.1 Å². The third-order valence-electron chi connectivity index (χ3n) is 4.36. The minimum absolute atomic E-state index is 0.243. The third kappa shape index (κ3) is 4.21. The van der Waals surface area contributed by atoms with Gasteiger partial charge in [-0.05, 0) is 35.9 Å². The van der Waals surface area contributed by atoms with E-state index < -0.39 is 0 Å². The first-order valence-corrected chi connectivity index (χ1v) is 9.47. The zero-order valence-corrected chi connectivity index (χ0v) is 17.1. The van der Waals surface area contributed by atoms with E-state index >= 15 is 0 Å². The fourth-order valence-corrected chi connectivity index (χ4v) is 3.51. The molecule has 1 unspecified atom stereocenters. The summed E-state index contributed by atoms with van der Waals surface area (Å²) in [5.41, 5.74) is 1.60. The van der Waals surface area contributed by atoms with Crippen LogP contribution in [0.2, 0.25) is 10.0 Å². The number of methoxy groups -OCH3 is 1. The average molecular weight is 430 g/mol.